The molecule has 3 nitrogen and oxygen atoms in total. The fraction of sp³-hybridized carbons (Fsp3) is 0.533. The van der Waals surface area contributed by atoms with Gasteiger partial charge in [-0.1, -0.05) is 31.7 Å². The summed E-state index contributed by atoms with van der Waals surface area (Å²) >= 11 is 0. The Balaban J connectivity index is 1.91. The third-order valence-electron chi connectivity index (χ3n) is 3.73. The van der Waals surface area contributed by atoms with Crippen LogP contribution in [0.5, 0.6) is 5.75 Å². The summed E-state index contributed by atoms with van der Waals surface area (Å²) < 4.78 is 5.78. The van der Waals surface area contributed by atoms with Gasteiger partial charge in [0.2, 0.25) is 5.91 Å². The molecule has 1 fully saturated rings. The van der Waals surface area contributed by atoms with Gasteiger partial charge >= 0.3 is 0 Å². The molecule has 1 aromatic carbocycles. The van der Waals surface area contributed by atoms with E-state index in [1.54, 1.807) is 12.1 Å². The van der Waals surface area contributed by atoms with E-state index in [2.05, 4.69) is 0 Å². The van der Waals surface area contributed by atoms with Crippen LogP contribution in [-0.4, -0.2) is 12.5 Å². The first-order chi connectivity index (χ1) is 8.66. The van der Waals surface area contributed by atoms with E-state index in [1.807, 2.05) is 13.0 Å². The summed E-state index contributed by atoms with van der Waals surface area (Å²) in [5.74, 6) is 1.20. The molecular formula is C15H21NO2. The van der Waals surface area contributed by atoms with Crippen LogP contribution in [-0.2, 0) is 0 Å². The van der Waals surface area contributed by atoms with Crippen LogP contribution in [0.15, 0.2) is 18.2 Å². The zero-order valence-electron chi connectivity index (χ0n) is 10.9. The molecule has 2 N–H and O–H groups in total. The summed E-state index contributed by atoms with van der Waals surface area (Å²) in [5, 5.41) is 0. The molecule has 0 aromatic heterocycles. The van der Waals surface area contributed by atoms with E-state index in [-0.39, 0.29) is 0 Å². The van der Waals surface area contributed by atoms with Crippen molar-refractivity contribution in [1.82, 2.24) is 0 Å². The second-order valence-corrected chi connectivity index (χ2v) is 5.13. The fourth-order valence-corrected chi connectivity index (χ4v) is 2.54. The molecule has 0 unspecified atom stereocenters. The Morgan fingerprint density at radius 3 is 2.78 bits per heavy atom. The maximum Gasteiger partial charge on any atom is 0.248 e. The van der Waals surface area contributed by atoms with Gasteiger partial charge in [0.25, 0.3) is 0 Å². The molecule has 0 heterocycles. The maximum atomic E-state index is 11.1. The van der Waals surface area contributed by atoms with Crippen LogP contribution in [0.4, 0.5) is 0 Å². The number of rotatable bonds is 5. The third-order valence-corrected chi connectivity index (χ3v) is 3.73. The number of ether oxygens (including phenoxy) is 1. The molecule has 3 heteroatoms. The summed E-state index contributed by atoms with van der Waals surface area (Å²) in [6.45, 7) is 2.71. The highest BCUT2D eigenvalue weighted by atomic mass is 16.5. The minimum absolute atomic E-state index is 0.407. The number of primary amides is 1. The lowest BCUT2D eigenvalue weighted by atomic mass is 10.1. The minimum atomic E-state index is -0.407. The molecule has 2 rings (SSSR count). The van der Waals surface area contributed by atoms with Crippen molar-refractivity contribution in [3.63, 3.8) is 0 Å². The van der Waals surface area contributed by atoms with Gasteiger partial charge in [0.15, 0.2) is 0 Å². The molecule has 0 aliphatic heterocycles. The zero-order valence-corrected chi connectivity index (χ0v) is 10.9. The quantitative estimate of drug-likeness (QED) is 0.869. The maximum absolute atomic E-state index is 11.1. The standard InChI is InChI=1S/C15H21NO2/c1-11-6-7-13(15(16)17)10-14(11)18-9-8-12-4-2-3-5-12/h6-7,10,12H,2-5,8-9H2,1H3,(H2,16,17). The van der Waals surface area contributed by atoms with Crippen molar-refractivity contribution < 1.29 is 9.53 Å². The van der Waals surface area contributed by atoms with Crippen molar-refractivity contribution in [2.75, 3.05) is 6.61 Å². The Morgan fingerprint density at radius 1 is 1.39 bits per heavy atom. The predicted octanol–water partition coefficient (Wildman–Crippen LogP) is 3.05. The zero-order chi connectivity index (χ0) is 13.0. The lowest BCUT2D eigenvalue weighted by molar-refractivity contribution is 0.1000. The van der Waals surface area contributed by atoms with Crippen LogP contribution >= 0.6 is 0 Å². The Kier molecular flexibility index (Phi) is 4.24. The smallest absolute Gasteiger partial charge is 0.248 e. The van der Waals surface area contributed by atoms with Crippen LogP contribution in [0, 0.1) is 12.8 Å². The van der Waals surface area contributed by atoms with E-state index in [9.17, 15) is 4.79 Å². The molecule has 0 spiro atoms. The number of carbonyl (C=O) groups is 1. The Bertz CT molecular complexity index is 423. The lowest BCUT2D eigenvalue weighted by Crippen LogP contribution is -2.11. The van der Waals surface area contributed by atoms with Crippen LogP contribution in [0.1, 0.15) is 48.0 Å². The van der Waals surface area contributed by atoms with E-state index < -0.39 is 5.91 Å². The normalized spacial score (nSPS) is 15.8. The molecule has 98 valence electrons. The summed E-state index contributed by atoms with van der Waals surface area (Å²) in [6.07, 6.45) is 6.51. The van der Waals surface area contributed by atoms with Gasteiger partial charge in [-0.25, -0.2) is 0 Å². The molecule has 1 aliphatic carbocycles. The van der Waals surface area contributed by atoms with Gasteiger partial charge in [0.05, 0.1) is 6.61 Å². The van der Waals surface area contributed by atoms with Crippen LogP contribution in [0.25, 0.3) is 0 Å². The van der Waals surface area contributed by atoms with Gasteiger partial charge in [-0.2, -0.15) is 0 Å². The number of amides is 1. The minimum Gasteiger partial charge on any atom is -0.493 e. The SMILES string of the molecule is Cc1ccc(C(N)=O)cc1OCCC1CCCC1. The van der Waals surface area contributed by atoms with E-state index in [0.717, 1.165) is 30.3 Å². The van der Waals surface area contributed by atoms with Crippen molar-refractivity contribution >= 4 is 5.91 Å². The lowest BCUT2D eigenvalue weighted by Gasteiger charge is -2.12. The Hall–Kier alpha value is -1.51. The molecule has 0 atom stereocenters. The second-order valence-electron chi connectivity index (χ2n) is 5.13. The number of hydrogen-bond acceptors (Lipinski definition) is 2. The number of carbonyl (C=O) groups excluding carboxylic acids is 1. The van der Waals surface area contributed by atoms with Crippen molar-refractivity contribution in [2.24, 2.45) is 11.7 Å². The Morgan fingerprint density at radius 2 is 2.11 bits per heavy atom. The molecule has 1 amide bonds. The Labute approximate surface area is 108 Å². The average molecular weight is 247 g/mol. The average Bonchev–Trinajstić information content (AvgIpc) is 2.84. The first kappa shape index (κ1) is 12.9. The summed E-state index contributed by atoms with van der Waals surface area (Å²) in [5.41, 5.74) is 6.82. The van der Waals surface area contributed by atoms with Gasteiger partial charge in [-0.05, 0) is 37.0 Å². The second kappa shape index (κ2) is 5.89. The summed E-state index contributed by atoms with van der Waals surface area (Å²) in [6, 6.07) is 5.36. The predicted molar refractivity (Wildman–Crippen MR) is 71.8 cm³/mol. The first-order valence-corrected chi connectivity index (χ1v) is 6.70. The van der Waals surface area contributed by atoms with E-state index in [4.69, 9.17) is 10.5 Å². The van der Waals surface area contributed by atoms with Crippen LogP contribution in [0.3, 0.4) is 0 Å². The van der Waals surface area contributed by atoms with E-state index >= 15 is 0 Å². The number of benzene rings is 1. The number of aryl methyl sites for hydroxylation is 1. The number of nitrogens with two attached hydrogens (primary N) is 1. The summed E-state index contributed by atoms with van der Waals surface area (Å²) in [4.78, 5) is 11.1. The van der Waals surface area contributed by atoms with Gasteiger partial charge in [0.1, 0.15) is 5.75 Å². The van der Waals surface area contributed by atoms with Gasteiger partial charge in [0, 0.05) is 5.56 Å². The molecule has 1 aromatic rings. The van der Waals surface area contributed by atoms with Crippen molar-refractivity contribution in [1.29, 1.82) is 0 Å². The third kappa shape index (κ3) is 3.25. The van der Waals surface area contributed by atoms with Gasteiger partial charge < -0.3 is 10.5 Å². The molecule has 1 saturated carbocycles. The molecule has 0 saturated heterocycles. The molecule has 18 heavy (non-hydrogen) atoms. The topological polar surface area (TPSA) is 52.3 Å². The first-order valence-electron chi connectivity index (χ1n) is 6.70. The van der Waals surface area contributed by atoms with Gasteiger partial charge in [-0.15, -0.1) is 0 Å². The van der Waals surface area contributed by atoms with E-state index in [0.29, 0.717) is 5.56 Å². The summed E-state index contributed by atoms with van der Waals surface area (Å²) in [7, 11) is 0. The highest BCUT2D eigenvalue weighted by molar-refractivity contribution is 5.93. The largest absolute Gasteiger partial charge is 0.493 e. The van der Waals surface area contributed by atoms with Gasteiger partial charge in [-0.3, -0.25) is 4.79 Å². The van der Waals surface area contributed by atoms with Crippen molar-refractivity contribution in [2.45, 2.75) is 39.0 Å². The molecule has 0 bridgehead atoms. The highest BCUT2D eigenvalue weighted by Gasteiger charge is 2.15. The molecule has 1 aliphatic rings. The van der Waals surface area contributed by atoms with Crippen molar-refractivity contribution in [3.05, 3.63) is 29.3 Å². The number of hydrogen-bond donors (Lipinski definition) is 1. The highest BCUT2D eigenvalue weighted by Crippen LogP contribution is 2.28. The monoisotopic (exact) mass is 247 g/mol. The van der Waals surface area contributed by atoms with E-state index in [1.165, 1.54) is 25.7 Å². The van der Waals surface area contributed by atoms with Crippen LogP contribution < -0.4 is 10.5 Å². The molecule has 0 radical (unpaired) electrons. The fourth-order valence-electron chi connectivity index (χ4n) is 2.54. The van der Waals surface area contributed by atoms with Crippen molar-refractivity contribution in [3.8, 4) is 5.75 Å². The van der Waals surface area contributed by atoms with Crippen LogP contribution in [0.2, 0.25) is 0 Å². The molecular weight excluding hydrogens is 226 g/mol.